The molecule has 0 unspecified atom stereocenters. The van der Waals surface area contributed by atoms with Crippen LogP contribution in [0, 0.1) is 0 Å². The molecular weight excluding hydrogens is 336 g/mol. The minimum Gasteiger partial charge on any atom is -0.290 e. The lowest BCUT2D eigenvalue weighted by Gasteiger charge is -2.32. The maximum atomic E-state index is 12.1. The highest BCUT2D eigenvalue weighted by Gasteiger charge is 2.40. The lowest BCUT2D eigenvalue weighted by atomic mass is 9.94. The minimum atomic E-state index is -1.28. The molecule has 0 aromatic heterocycles. The Bertz CT molecular complexity index is 665. The fourth-order valence-corrected chi connectivity index (χ4v) is 2.74. The third-order valence-electron chi connectivity index (χ3n) is 4.17. The van der Waals surface area contributed by atoms with Crippen molar-refractivity contribution in [2.24, 2.45) is 0 Å². The van der Waals surface area contributed by atoms with E-state index >= 15 is 0 Å². The van der Waals surface area contributed by atoms with Crippen LogP contribution in [0.4, 0.5) is 0 Å². The molecule has 0 heterocycles. The Hall–Kier alpha value is -2.70. The van der Waals surface area contributed by atoms with Crippen LogP contribution < -0.4 is 0 Å². The van der Waals surface area contributed by atoms with Crippen molar-refractivity contribution in [3.8, 4) is 0 Å². The average Bonchev–Trinajstić information content (AvgIpc) is 2.72. The van der Waals surface area contributed by atoms with Crippen LogP contribution in [0.5, 0.6) is 0 Å². The topological polar surface area (TPSA) is 71.1 Å². The van der Waals surface area contributed by atoms with Crippen molar-refractivity contribution in [1.82, 2.24) is 0 Å². The fraction of sp³-hybridized carbons (Fsp3) is 0.300. The van der Waals surface area contributed by atoms with E-state index in [0.29, 0.717) is 24.0 Å². The fourth-order valence-electron chi connectivity index (χ4n) is 2.74. The minimum absolute atomic E-state index is 0.361. The van der Waals surface area contributed by atoms with Gasteiger partial charge in [0.2, 0.25) is 0 Å². The van der Waals surface area contributed by atoms with Gasteiger partial charge in [0.25, 0.3) is 5.79 Å². The molecule has 0 spiro atoms. The van der Waals surface area contributed by atoms with E-state index < -0.39 is 17.7 Å². The first kappa shape index (κ1) is 18.1. The summed E-state index contributed by atoms with van der Waals surface area (Å²) in [6.45, 7) is 0. The predicted octanol–water partition coefficient (Wildman–Crippen LogP) is 4.22. The van der Waals surface area contributed by atoms with E-state index in [1.54, 1.807) is 60.7 Å². The SMILES string of the molecule is O=C(OOC1(OOC(=O)c2ccccc2)CCCCC1)c1ccccc1. The molecule has 0 N–H and O–H groups in total. The van der Waals surface area contributed by atoms with Crippen molar-refractivity contribution in [1.29, 1.82) is 0 Å². The van der Waals surface area contributed by atoms with E-state index in [1.165, 1.54) is 0 Å². The van der Waals surface area contributed by atoms with Crippen LogP contribution in [-0.2, 0) is 19.6 Å². The lowest BCUT2D eigenvalue weighted by Crippen LogP contribution is -2.39. The maximum absolute atomic E-state index is 12.1. The Balaban J connectivity index is 1.61. The first-order valence-electron chi connectivity index (χ1n) is 8.59. The predicted molar refractivity (Wildman–Crippen MR) is 91.7 cm³/mol. The molecule has 1 aliphatic carbocycles. The van der Waals surface area contributed by atoms with Gasteiger partial charge in [-0.05, 0) is 37.1 Å². The smallest absolute Gasteiger partial charge is 0.290 e. The Morgan fingerprint density at radius 3 is 1.50 bits per heavy atom. The molecule has 0 saturated heterocycles. The molecule has 1 fully saturated rings. The van der Waals surface area contributed by atoms with Gasteiger partial charge >= 0.3 is 11.9 Å². The summed E-state index contributed by atoms with van der Waals surface area (Å²) in [7, 11) is 0. The Morgan fingerprint density at radius 2 is 1.08 bits per heavy atom. The molecule has 0 radical (unpaired) electrons. The summed E-state index contributed by atoms with van der Waals surface area (Å²) in [5.74, 6) is -2.55. The number of carbonyl (C=O) groups excluding carboxylic acids is 2. The third kappa shape index (κ3) is 4.68. The van der Waals surface area contributed by atoms with Gasteiger partial charge in [-0.25, -0.2) is 9.59 Å². The molecule has 0 atom stereocenters. The summed E-state index contributed by atoms with van der Waals surface area (Å²) in [5, 5.41) is 0. The van der Waals surface area contributed by atoms with Crippen molar-refractivity contribution in [3.63, 3.8) is 0 Å². The normalized spacial score (nSPS) is 15.8. The Kier molecular flexibility index (Phi) is 5.99. The number of benzene rings is 2. The standard InChI is InChI=1S/C20H20O6/c21-18(16-10-4-1-5-11-16)23-25-20(14-8-3-9-15-20)26-24-19(22)17-12-6-2-7-13-17/h1-2,4-7,10-13H,3,8-9,14-15H2. The van der Waals surface area contributed by atoms with Crippen LogP contribution in [0.1, 0.15) is 52.8 Å². The molecule has 2 aromatic rings. The van der Waals surface area contributed by atoms with Crippen LogP contribution >= 0.6 is 0 Å². The van der Waals surface area contributed by atoms with Gasteiger partial charge in [0.05, 0.1) is 11.1 Å². The van der Waals surface area contributed by atoms with Gasteiger partial charge in [0, 0.05) is 12.8 Å². The van der Waals surface area contributed by atoms with Crippen molar-refractivity contribution in [2.75, 3.05) is 0 Å². The molecule has 6 heteroatoms. The molecule has 26 heavy (non-hydrogen) atoms. The summed E-state index contributed by atoms with van der Waals surface area (Å²) in [5.41, 5.74) is 0.722. The van der Waals surface area contributed by atoms with Crippen LogP contribution in [0.15, 0.2) is 60.7 Å². The van der Waals surface area contributed by atoms with Gasteiger partial charge in [-0.1, -0.05) is 42.8 Å². The quantitative estimate of drug-likeness (QED) is 0.438. The Labute approximate surface area is 151 Å². The molecular formula is C20H20O6. The van der Waals surface area contributed by atoms with Crippen molar-refractivity contribution >= 4 is 11.9 Å². The van der Waals surface area contributed by atoms with E-state index in [9.17, 15) is 9.59 Å². The lowest BCUT2D eigenvalue weighted by molar-refractivity contribution is -0.481. The molecule has 0 bridgehead atoms. The summed E-state index contributed by atoms with van der Waals surface area (Å²) < 4.78 is 0. The third-order valence-corrected chi connectivity index (χ3v) is 4.17. The molecule has 0 amide bonds. The summed E-state index contributed by atoms with van der Waals surface area (Å²) in [6.07, 6.45) is 3.54. The van der Waals surface area contributed by atoms with Crippen LogP contribution in [0.2, 0.25) is 0 Å². The second-order valence-electron chi connectivity index (χ2n) is 6.11. The molecule has 3 rings (SSSR count). The van der Waals surface area contributed by atoms with Crippen LogP contribution in [-0.4, -0.2) is 17.7 Å². The first-order valence-corrected chi connectivity index (χ1v) is 8.59. The second-order valence-corrected chi connectivity index (χ2v) is 6.11. The summed E-state index contributed by atoms with van der Waals surface area (Å²) >= 11 is 0. The molecule has 0 aliphatic heterocycles. The first-order chi connectivity index (χ1) is 12.7. The van der Waals surface area contributed by atoms with Gasteiger partial charge < -0.3 is 0 Å². The maximum Gasteiger partial charge on any atom is 0.373 e. The molecule has 1 saturated carbocycles. The van der Waals surface area contributed by atoms with Gasteiger partial charge in [-0.3, -0.25) is 9.78 Å². The zero-order valence-electron chi connectivity index (χ0n) is 14.3. The molecule has 2 aromatic carbocycles. The molecule has 6 nitrogen and oxygen atoms in total. The monoisotopic (exact) mass is 356 g/mol. The van der Waals surface area contributed by atoms with E-state index in [-0.39, 0.29) is 0 Å². The number of rotatable bonds is 6. The van der Waals surface area contributed by atoms with Gasteiger partial charge in [0.15, 0.2) is 0 Å². The van der Waals surface area contributed by atoms with Crippen molar-refractivity contribution in [3.05, 3.63) is 71.8 Å². The number of hydrogen-bond acceptors (Lipinski definition) is 6. The molecule has 136 valence electrons. The van der Waals surface area contributed by atoms with E-state index in [0.717, 1.165) is 19.3 Å². The average molecular weight is 356 g/mol. The van der Waals surface area contributed by atoms with Crippen LogP contribution in [0.25, 0.3) is 0 Å². The van der Waals surface area contributed by atoms with Crippen LogP contribution in [0.3, 0.4) is 0 Å². The van der Waals surface area contributed by atoms with Crippen molar-refractivity contribution < 1.29 is 29.1 Å². The highest BCUT2D eigenvalue weighted by molar-refractivity contribution is 5.89. The molecule has 1 aliphatic rings. The largest absolute Gasteiger partial charge is 0.373 e. The van der Waals surface area contributed by atoms with E-state index in [2.05, 4.69) is 0 Å². The van der Waals surface area contributed by atoms with Gasteiger partial charge in [-0.15, -0.1) is 9.78 Å². The second kappa shape index (κ2) is 8.60. The van der Waals surface area contributed by atoms with E-state index in [4.69, 9.17) is 19.6 Å². The van der Waals surface area contributed by atoms with Crippen molar-refractivity contribution in [2.45, 2.75) is 37.9 Å². The zero-order valence-corrected chi connectivity index (χ0v) is 14.3. The van der Waals surface area contributed by atoms with Gasteiger partial charge in [0.1, 0.15) is 0 Å². The number of hydrogen-bond donors (Lipinski definition) is 0. The van der Waals surface area contributed by atoms with E-state index in [1.807, 2.05) is 0 Å². The highest BCUT2D eigenvalue weighted by Crippen LogP contribution is 2.33. The summed E-state index contributed by atoms with van der Waals surface area (Å²) in [4.78, 5) is 44.7. The Morgan fingerprint density at radius 1 is 0.654 bits per heavy atom. The highest BCUT2D eigenvalue weighted by atomic mass is 17.3. The zero-order chi connectivity index (χ0) is 18.2. The summed E-state index contributed by atoms with van der Waals surface area (Å²) in [6, 6.07) is 17.0. The van der Waals surface area contributed by atoms with Gasteiger partial charge in [-0.2, -0.15) is 0 Å². The number of carbonyl (C=O) groups is 2.